The van der Waals surface area contributed by atoms with Gasteiger partial charge in [0.1, 0.15) is 78.7 Å². The minimum Gasteiger partial charge on any atom is -0.497 e. The van der Waals surface area contributed by atoms with E-state index in [1.165, 1.54) is 21.1 Å². The van der Waals surface area contributed by atoms with E-state index >= 15 is 0 Å². The third-order valence-corrected chi connectivity index (χ3v) is 10.1. The molecule has 0 bridgehead atoms. The van der Waals surface area contributed by atoms with Crippen molar-refractivity contribution in [2.45, 2.75) is 144 Å². The van der Waals surface area contributed by atoms with Gasteiger partial charge in [-0.3, -0.25) is 9.59 Å². The van der Waals surface area contributed by atoms with Crippen molar-refractivity contribution in [2.75, 3.05) is 40.6 Å². The summed E-state index contributed by atoms with van der Waals surface area (Å²) < 4.78 is 58.0. The number of ketones is 1. The van der Waals surface area contributed by atoms with E-state index in [-0.39, 0.29) is 44.2 Å². The fourth-order valence-electron chi connectivity index (χ4n) is 6.61. The summed E-state index contributed by atoms with van der Waals surface area (Å²) in [5.41, 5.74) is 0.600. The molecule has 1 aromatic carbocycles. The minimum absolute atomic E-state index is 0.00292. The molecule has 21 nitrogen and oxygen atoms in total. The standard InChI is InChI=1S/C38H58O21/c1-19(41)8-13-26(43)58-35-34(53-17-20-9-11-21(50-2)12-10-20)33(59-37-32(49)30(47)28(45)23(16-40)56-37)24(57-38(35)52-14-6-4-5-7-25(42)51-3)18-54-36-31(48)29(46)27(44)22(15-39)55-36/h9-12,22-24,27-40,44-49H,4-8,13-18H2,1-3H3/t22-,23-,24-,27+,28+,29+,30+,31-,32-,33+,34+,35-,36-,37+,38-/m1/s1. The van der Waals surface area contributed by atoms with E-state index in [9.17, 15) is 55.2 Å². The molecule has 3 aliphatic rings. The fraction of sp³-hybridized carbons (Fsp3) is 0.763. The highest BCUT2D eigenvalue weighted by Gasteiger charge is 2.54. The van der Waals surface area contributed by atoms with Crippen LogP contribution in [0.4, 0.5) is 0 Å². The van der Waals surface area contributed by atoms with E-state index in [0.29, 0.717) is 30.6 Å². The van der Waals surface area contributed by atoms with E-state index in [1.807, 2.05) is 0 Å². The van der Waals surface area contributed by atoms with E-state index in [4.69, 9.17) is 42.6 Å². The number of benzene rings is 1. The fourth-order valence-corrected chi connectivity index (χ4v) is 6.61. The molecule has 4 rings (SSSR count). The van der Waals surface area contributed by atoms with Gasteiger partial charge in [-0.05, 0) is 37.5 Å². The number of rotatable bonds is 22. The molecule has 0 unspecified atom stereocenters. The van der Waals surface area contributed by atoms with Gasteiger partial charge in [-0.15, -0.1) is 0 Å². The number of methoxy groups -OCH3 is 2. The summed E-state index contributed by atoms with van der Waals surface area (Å²) in [6.07, 6.45) is -23.2. The molecule has 3 fully saturated rings. The van der Waals surface area contributed by atoms with Gasteiger partial charge in [-0.1, -0.05) is 18.6 Å². The molecule has 21 heteroatoms. The molecule has 0 aliphatic carbocycles. The highest BCUT2D eigenvalue weighted by atomic mass is 16.8. The second-order valence-electron chi connectivity index (χ2n) is 14.4. The average Bonchev–Trinajstić information content (AvgIpc) is 3.23. The summed E-state index contributed by atoms with van der Waals surface area (Å²) in [7, 11) is 2.77. The number of unbranched alkanes of at least 4 members (excludes halogenated alkanes) is 2. The topological polar surface area (TPSA) is 305 Å². The lowest BCUT2D eigenvalue weighted by atomic mass is 9.96. The summed E-state index contributed by atoms with van der Waals surface area (Å²) in [6, 6.07) is 6.74. The highest BCUT2D eigenvalue weighted by Crippen LogP contribution is 2.35. The summed E-state index contributed by atoms with van der Waals surface area (Å²) in [6.45, 7) is -1.02. The molecule has 59 heavy (non-hydrogen) atoms. The molecular weight excluding hydrogens is 792 g/mol. The van der Waals surface area contributed by atoms with Gasteiger partial charge >= 0.3 is 11.9 Å². The summed E-state index contributed by atoms with van der Waals surface area (Å²) in [4.78, 5) is 36.7. The molecule has 0 radical (unpaired) electrons. The molecule has 0 amide bonds. The van der Waals surface area contributed by atoms with Gasteiger partial charge < -0.3 is 93.0 Å². The highest BCUT2D eigenvalue weighted by molar-refractivity contribution is 5.81. The lowest BCUT2D eigenvalue weighted by Gasteiger charge is -2.48. The Morgan fingerprint density at radius 3 is 1.81 bits per heavy atom. The van der Waals surface area contributed by atoms with Gasteiger partial charge in [0.15, 0.2) is 25.0 Å². The Morgan fingerprint density at radius 1 is 0.610 bits per heavy atom. The van der Waals surface area contributed by atoms with E-state index in [0.717, 1.165) is 0 Å². The Labute approximate surface area is 340 Å². The van der Waals surface area contributed by atoms with Crippen molar-refractivity contribution in [1.29, 1.82) is 0 Å². The molecule has 1 aromatic rings. The lowest BCUT2D eigenvalue weighted by molar-refractivity contribution is -0.371. The maximum Gasteiger partial charge on any atom is 0.306 e. The predicted octanol–water partition coefficient (Wildman–Crippen LogP) is -2.66. The Balaban J connectivity index is 1.72. The number of ether oxygens (including phenoxy) is 10. The van der Waals surface area contributed by atoms with Crippen molar-refractivity contribution in [3.63, 3.8) is 0 Å². The lowest BCUT2D eigenvalue weighted by Crippen LogP contribution is -2.66. The molecule has 0 spiro atoms. The van der Waals surface area contributed by atoms with Crippen molar-refractivity contribution in [3.8, 4) is 5.75 Å². The number of carbonyl (C=O) groups is 3. The molecular formula is C38H58O21. The Bertz CT molecular complexity index is 1430. The molecule has 3 saturated heterocycles. The van der Waals surface area contributed by atoms with Crippen LogP contribution in [0.25, 0.3) is 0 Å². The van der Waals surface area contributed by atoms with Crippen molar-refractivity contribution < 1.29 is 103 Å². The normalized spacial score (nSPS) is 34.9. The van der Waals surface area contributed by atoms with Crippen molar-refractivity contribution in [3.05, 3.63) is 29.8 Å². The SMILES string of the molecule is COC(=O)CCCCCO[C@@H]1O[C@H](CO[C@@H]2O[C@H](CO)[C@H](O)[C@H](O)[C@H]2O)[C@H](O[C@@H]2O[C@H](CO)[C@H](O)[C@H](O)[C@H]2O)[C@H](OCc2ccc(OC)cc2)[C@H]1OC(=O)CCC(C)=O. The van der Waals surface area contributed by atoms with Crippen LogP contribution < -0.4 is 4.74 Å². The van der Waals surface area contributed by atoms with Gasteiger partial charge in [0.2, 0.25) is 0 Å². The number of hydrogen-bond acceptors (Lipinski definition) is 21. The monoisotopic (exact) mass is 850 g/mol. The van der Waals surface area contributed by atoms with Gasteiger partial charge in [0, 0.05) is 19.4 Å². The number of aliphatic hydroxyl groups is 8. The molecule has 0 saturated carbocycles. The smallest absolute Gasteiger partial charge is 0.306 e. The van der Waals surface area contributed by atoms with Crippen LogP contribution in [-0.2, 0) is 63.6 Å². The summed E-state index contributed by atoms with van der Waals surface area (Å²) in [5, 5.41) is 83.2. The van der Waals surface area contributed by atoms with Crippen LogP contribution in [0, 0.1) is 0 Å². The van der Waals surface area contributed by atoms with Crippen LogP contribution in [0.2, 0.25) is 0 Å². The zero-order chi connectivity index (χ0) is 43.2. The first kappa shape index (κ1) is 48.7. The summed E-state index contributed by atoms with van der Waals surface area (Å²) >= 11 is 0. The third kappa shape index (κ3) is 13.5. The Morgan fingerprint density at radius 2 is 1.22 bits per heavy atom. The molecule has 8 N–H and O–H groups in total. The van der Waals surface area contributed by atoms with Crippen molar-refractivity contribution in [2.24, 2.45) is 0 Å². The predicted molar refractivity (Wildman–Crippen MR) is 195 cm³/mol. The number of carbonyl (C=O) groups excluding carboxylic acids is 3. The van der Waals surface area contributed by atoms with Crippen LogP contribution >= 0.6 is 0 Å². The quantitative estimate of drug-likeness (QED) is 0.0436. The molecule has 336 valence electrons. The van der Waals surface area contributed by atoms with Gasteiger partial charge in [-0.25, -0.2) is 0 Å². The second-order valence-corrected chi connectivity index (χ2v) is 14.4. The largest absolute Gasteiger partial charge is 0.497 e. The van der Waals surface area contributed by atoms with Crippen molar-refractivity contribution in [1.82, 2.24) is 0 Å². The van der Waals surface area contributed by atoms with Crippen LogP contribution in [-0.4, -0.2) is 191 Å². The first-order chi connectivity index (χ1) is 28.2. The molecule has 0 aromatic heterocycles. The Kier molecular flexibility index (Phi) is 19.7. The van der Waals surface area contributed by atoms with Crippen molar-refractivity contribution >= 4 is 17.7 Å². The van der Waals surface area contributed by atoms with E-state index < -0.39 is 118 Å². The number of esters is 2. The van der Waals surface area contributed by atoms with Crippen LogP contribution in [0.15, 0.2) is 24.3 Å². The molecule has 3 aliphatic heterocycles. The van der Waals surface area contributed by atoms with Gasteiger partial charge in [-0.2, -0.15) is 0 Å². The average molecular weight is 851 g/mol. The summed E-state index contributed by atoms with van der Waals surface area (Å²) in [5.74, 6) is -0.973. The zero-order valence-electron chi connectivity index (χ0n) is 33.1. The maximum atomic E-state index is 13.3. The molecule has 3 heterocycles. The molecule has 15 atom stereocenters. The van der Waals surface area contributed by atoms with E-state index in [1.54, 1.807) is 24.3 Å². The zero-order valence-corrected chi connectivity index (χ0v) is 33.1. The number of hydrogen-bond donors (Lipinski definition) is 8. The third-order valence-electron chi connectivity index (χ3n) is 10.1. The van der Waals surface area contributed by atoms with Crippen LogP contribution in [0.1, 0.15) is 51.0 Å². The minimum atomic E-state index is -1.92. The number of Topliss-reactive ketones (excluding diaryl/α,β-unsaturated/α-hetero) is 1. The Hall–Kier alpha value is -2.97. The van der Waals surface area contributed by atoms with E-state index in [2.05, 4.69) is 4.74 Å². The van der Waals surface area contributed by atoms with Crippen LogP contribution in [0.5, 0.6) is 5.75 Å². The first-order valence-corrected chi connectivity index (χ1v) is 19.4. The second kappa shape index (κ2) is 23.9. The maximum absolute atomic E-state index is 13.3. The van der Waals surface area contributed by atoms with Gasteiger partial charge in [0.05, 0.1) is 47.1 Å². The number of aliphatic hydroxyl groups excluding tert-OH is 8. The van der Waals surface area contributed by atoms with Crippen LogP contribution in [0.3, 0.4) is 0 Å². The first-order valence-electron chi connectivity index (χ1n) is 19.4. The van der Waals surface area contributed by atoms with Gasteiger partial charge in [0.25, 0.3) is 0 Å².